The van der Waals surface area contributed by atoms with Crippen molar-refractivity contribution in [2.24, 2.45) is 0 Å². The summed E-state index contributed by atoms with van der Waals surface area (Å²) in [6.45, 7) is 7.15. The normalized spacial score (nSPS) is 11.1. The Morgan fingerprint density at radius 3 is 1.98 bits per heavy atom. The third-order valence-electron chi connectivity index (χ3n) is 8.68. The Balaban J connectivity index is 0.000000171. The van der Waals surface area contributed by atoms with Crippen LogP contribution in [0.5, 0.6) is 0 Å². The molecule has 3 aromatic heterocycles. The molecule has 0 saturated carbocycles. The summed E-state index contributed by atoms with van der Waals surface area (Å²) < 4.78 is 5.89. The minimum Gasteiger partial charge on any atom is -0.500 e. The topological polar surface area (TPSA) is 38.9 Å². The smallest absolute Gasteiger partial charge is 0.120 e. The third-order valence-corrected chi connectivity index (χ3v) is 10.7. The van der Waals surface area contributed by atoms with Gasteiger partial charge in [0, 0.05) is 37.9 Å². The number of rotatable bonds is 7. The van der Waals surface area contributed by atoms with E-state index in [1.165, 1.54) is 27.4 Å². The van der Waals surface area contributed by atoms with Crippen molar-refractivity contribution in [2.75, 3.05) is 0 Å². The summed E-state index contributed by atoms with van der Waals surface area (Å²) in [7, 11) is -1.43. The molecule has 5 heteroatoms. The zero-order valence-electron chi connectivity index (χ0n) is 28.5. The second-order valence-electron chi connectivity index (χ2n) is 13.3. The summed E-state index contributed by atoms with van der Waals surface area (Å²) in [5.41, 5.74) is 11.0. The van der Waals surface area contributed by atoms with E-state index in [0.29, 0.717) is 0 Å². The van der Waals surface area contributed by atoms with Crippen LogP contribution in [-0.2, 0) is 32.9 Å². The van der Waals surface area contributed by atoms with Crippen molar-refractivity contribution >= 4 is 35.2 Å². The molecule has 0 fully saturated rings. The van der Waals surface area contributed by atoms with E-state index < -0.39 is 8.07 Å². The summed E-state index contributed by atoms with van der Waals surface area (Å²) in [6, 6.07) is 54.4. The summed E-state index contributed by atoms with van der Waals surface area (Å²) in [5, 5.41) is 3.67. The van der Waals surface area contributed by atoms with E-state index in [1.807, 2.05) is 54.7 Å². The van der Waals surface area contributed by atoms with Crippen LogP contribution in [0.1, 0.15) is 22.3 Å². The standard InChI is InChI=1S/C24H16NO.C21H22NSi.Ir/c1-2-6-17(7-3-1)14-18-12-13-25-22(15-18)19-10-11-24-21(16-19)20-8-4-5-9-23(20)26-24;1-23(2,3)21-16-22-20(18-12-8-5-9-13-18)15-19(21)14-17-10-6-4-7-11-17;/h1-9,11-13,15-16H,14H2;4-12,15-16H,14H2,1-3H3;/q2*-1;. The van der Waals surface area contributed by atoms with Crippen molar-refractivity contribution in [3.63, 3.8) is 0 Å². The Morgan fingerprint density at radius 2 is 1.26 bits per heavy atom. The molecule has 1 radical (unpaired) electrons. The van der Waals surface area contributed by atoms with Gasteiger partial charge in [0.25, 0.3) is 0 Å². The molecule has 8 rings (SSSR count). The molecule has 0 spiro atoms. The Kier molecular flexibility index (Phi) is 11.0. The molecule has 3 nitrogen and oxygen atoms in total. The molecule has 0 bridgehead atoms. The first kappa shape index (κ1) is 34.9. The Morgan fingerprint density at radius 1 is 0.580 bits per heavy atom. The fraction of sp³-hybridized carbons (Fsp3) is 0.111. The van der Waals surface area contributed by atoms with Gasteiger partial charge in [0.05, 0.1) is 13.7 Å². The van der Waals surface area contributed by atoms with Crippen molar-refractivity contribution in [3.05, 3.63) is 186 Å². The van der Waals surface area contributed by atoms with Crippen LogP contribution in [0.15, 0.2) is 156 Å². The van der Waals surface area contributed by atoms with E-state index in [2.05, 4.69) is 134 Å². The number of para-hydroxylation sites is 1. The molecule has 8 aromatic rings. The number of hydrogen-bond acceptors (Lipinski definition) is 3. The molecular formula is C45H38IrN2OSi-2. The summed E-state index contributed by atoms with van der Waals surface area (Å²) in [6.07, 6.45) is 5.83. The number of benzene rings is 5. The first-order valence-corrected chi connectivity index (χ1v) is 20.2. The van der Waals surface area contributed by atoms with Crippen LogP contribution in [0.4, 0.5) is 0 Å². The fourth-order valence-corrected chi connectivity index (χ4v) is 7.79. The molecule has 0 amide bonds. The largest absolute Gasteiger partial charge is 0.500 e. The zero-order chi connectivity index (χ0) is 33.6. The Labute approximate surface area is 309 Å². The van der Waals surface area contributed by atoms with Gasteiger partial charge in [-0.05, 0) is 58.2 Å². The van der Waals surface area contributed by atoms with Gasteiger partial charge in [-0.1, -0.05) is 122 Å². The molecule has 0 aliphatic rings. The SMILES string of the molecule is C[Si](C)(C)c1cnc(-c2[c-]cccc2)cc1Cc1ccccc1.[Ir].[c-]1cc2oc3ccccc3c2cc1-c1cc(Cc2ccccc2)ccn1. The van der Waals surface area contributed by atoms with E-state index in [0.717, 1.165) is 57.3 Å². The third kappa shape index (κ3) is 8.26. The van der Waals surface area contributed by atoms with Gasteiger partial charge in [-0.3, -0.25) is 0 Å². The molecular weight excluding hydrogens is 805 g/mol. The van der Waals surface area contributed by atoms with E-state index in [4.69, 9.17) is 9.40 Å². The van der Waals surface area contributed by atoms with Crippen LogP contribution in [0.25, 0.3) is 44.5 Å². The van der Waals surface area contributed by atoms with Crippen LogP contribution in [0.2, 0.25) is 19.6 Å². The molecule has 50 heavy (non-hydrogen) atoms. The van der Waals surface area contributed by atoms with Gasteiger partial charge in [-0.2, -0.15) is 0 Å². The number of nitrogens with zero attached hydrogens (tertiary/aromatic N) is 2. The second kappa shape index (κ2) is 15.7. The maximum absolute atomic E-state index is 5.89. The van der Waals surface area contributed by atoms with Crippen LogP contribution in [-0.4, -0.2) is 18.0 Å². The molecule has 0 atom stereocenters. The first-order chi connectivity index (χ1) is 23.9. The van der Waals surface area contributed by atoms with Crippen LogP contribution >= 0.6 is 0 Å². The van der Waals surface area contributed by atoms with Gasteiger partial charge in [0.1, 0.15) is 5.58 Å². The van der Waals surface area contributed by atoms with Gasteiger partial charge >= 0.3 is 0 Å². The summed E-state index contributed by atoms with van der Waals surface area (Å²) >= 11 is 0. The maximum atomic E-state index is 5.89. The minimum absolute atomic E-state index is 0. The maximum Gasteiger partial charge on any atom is 0.120 e. The van der Waals surface area contributed by atoms with Gasteiger partial charge < -0.3 is 14.4 Å². The van der Waals surface area contributed by atoms with Gasteiger partial charge in [-0.25, -0.2) is 0 Å². The average Bonchev–Trinajstić information content (AvgIpc) is 3.51. The van der Waals surface area contributed by atoms with Gasteiger partial charge in [0.15, 0.2) is 0 Å². The summed E-state index contributed by atoms with van der Waals surface area (Å²) in [4.78, 5) is 9.28. The molecule has 3 heterocycles. The van der Waals surface area contributed by atoms with Crippen molar-refractivity contribution in [2.45, 2.75) is 32.5 Å². The van der Waals surface area contributed by atoms with E-state index in [9.17, 15) is 0 Å². The van der Waals surface area contributed by atoms with E-state index >= 15 is 0 Å². The zero-order valence-corrected chi connectivity index (χ0v) is 31.9. The predicted molar refractivity (Wildman–Crippen MR) is 206 cm³/mol. The average molecular weight is 843 g/mol. The van der Waals surface area contributed by atoms with Crippen molar-refractivity contribution < 1.29 is 24.5 Å². The molecule has 249 valence electrons. The second-order valence-corrected chi connectivity index (χ2v) is 18.4. The minimum atomic E-state index is -1.43. The molecule has 0 N–H and O–H groups in total. The quantitative estimate of drug-likeness (QED) is 0.119. The van der Waals surface area contributed by atoms with Crippen LogP contribution in [0, 0.1) is 12.1 Å². The van der Waals surface area contributed by atoms with Gasteiger partial charge in [0.2, 0.25) is 0 Å². The number of hydrogen-bond donors (Lipinski definition) is 0. The number of pyridine rings is 2. The van der Waals surface area contributed by atoms with Crippen molar-refractivity contribution in [3.8, 4) is 22.5 Å². The Hall–Kier alpha value is -4.93. The molecule has 0 unspecified atom stereocenters. The molecule has 0 aliphatic heterocycles. The van der Waals surface area contributed by atoms with Gasteiger partial charge in [-0.15, -0.1) is 59.7 Å². The van der Waals surface area contributed by atoms with Crippen LogP contribution < -0.4 is 5.19 Å². The molecule has 5 aromatic carbocycles. The van der Waals surface area contributed by atoms with E-state index in [-0.39, 0.29) is 20.1 Å². The number of fused-ring (bicyclic) bond motifs is 3. The first-order valence-electron chi connectivity index (χ1n) is 16.7. The number of furan rings is 1. The van der Waals surface area contributed by atoms with E-state index in [1.54, 1.807) is 0 Å². The monoisotopic (exact) mass is 843 g/mol. The molecule has 0 aliphatic carbocycles. The fourth-order valence-electron chi connectivity index (χ4n) is 6.22. The van der Waals surface area contributed by atoms with Crippen molar-refractivity contribution in [1.29, 1.82) is 0 Å². The summed E-state index contributed by atoms with van der Waals surface area (Å²) in [5.74, 6) is 0. The van der Waals surface area contributed by atoms with Crippen LogP contribution in [0.3, 0.4) is 0 Å². The Bertz CT molecular complexity index is 2310. The predicted octanol–water partition coefficient (Wildman–Crippen LogP) is 10.7. The number of aromatic nitrogens is 2. The van der Waals surface area contributed by atoms with Crippen molar-refractivity contribution in [1.82, 2.24) is 9.97 Å². The molecule has 0 saturated heterocycles.